The van der Waals surface area contributed by atoms with E-state index >= 15 is 0 Å². The van der Waals surface area contributed by atoms with Crippen molar-refractivity contribution < 1.29 is 4.74 Å². The lowest BCUT2D eigenvalue weighted by atomic mass is 10.2. The monoisotopic (exact) mass is 242 g/mol. The van der Waals surface area contributed by atoms with E-state index in [1.54, 1.807) is 7.11 Å². The second-order valence-corrected chi connectivity index (χ2v) is 4.24. The highest BCUT2D eigenvalue weighted by atomic mass is 35.5. The first-order valence-corrected chi connectivity index (χ1v) is 5.67. The van der Waals surface area contributed by atoms with Gasteiger partial charge in [-0.15, -0.1) is 0 Å². The summed E-state index contributed by atoms with van der Waals surface area (Å²) in [6.07, 6.45) is 0. The van der Waals surface area contributed by atoms with Gasteiger partial charge in [-0.3, -0.25) is 0 Å². The summed E-state index contributed by atoms with van der Waals surface area (Å²) < 4.78 is 5.41. The fraction of sp³-hybridized carbons (Fsp3) is 0.500. The zero-order valence-corrected chi connectivity index (χ0v) is 11.1. The average Bonchev–Trinajstić information content (AvgIpc) is 2.24. The molecule has 0 aliphatic carbocycles. The molecule has 4 heteroatoms. The standard InChI is InChI=1S/C12H19ClN2O/c1-9-7-10(13)8-11(12(9)16-4)15(3)6-5-14-2/h7-8,14H,5-6H2,1-4H3. The summed E-state index contributed by atoms with van der Waals surface area (Å²) >= 11 is 6.06. The molecule has 0 aliphatic rings. The molecule has 16 heavy (non-hydrogen) atoms. The molecular weight excluding hydrogens is 224 g/mol. The molecule has 0 spiro atoms. The fourth-order valence-corrected chi connectivity index (χ4v) is 1.93. The van der Waals surface area contributed by atoms with Gasteiger partial charge in [-0.05, 0) is 31.7 Å². The highest BCUT2D eigenvalue weighted by Crippen LogP contribution is 2.34. The van der Waals surface area contributed by atoms with E-state index in [1.807, 2.05) is 33.2 Å². The van der Waals surface area contributed by atoms with Crippen molar-refractivity contribution in [2.75, 3.05) is 39.2 Å². The second kappa shape index (κ2) is 5.97. The van der Waals surface area contributed by atoms with Crippen molar-refractivity contribution in [2.24, 2.45) is 0 Å². The van der Waals surface area contributed by atoms with Gasteiger partial charge in [0.15, 0.2) is 0 Å². The first-order valence-electron chi connectivity index (χ1n) is 5.30. The maximum absolute atomic E-state index is 6.06. The molecule has 0 unspecified atom stereocenters. The van der Waals surface area contributed by atoms with Gasteiger partial charge in [0, 0.05) is 25.2 Å². The normalized spacial score (nSPS) is 10.3. The van der Waals surface area contributed by atoms with Crippen LogP contribution in [0.4, 0.5) is 5.69 Å². The Labute approximate surface area is 102 Å². The lowest BCUT2D eigenvalue weighted by Gasteiger charge is -2.23. The van der Waals surface area contributed by atoms with Gasteiger partial charge in [0.05, 0.1) is 12.8 Å². The Hall–Kier alpha value is -0.930. The van der Waals surface area contributed by atoms with Crippen molar-refractivity contribution in [3.8, 4) is 5.75 Å². The minimum atomic E-state index is 0.740. The molecule has 0 fully saturated rings. The van der Waals surface area contributed by atoms with Crippen LogP contribution in [-0.4, -0.2) is 34.3 Å². The number of hydrogen-bond acceptors (Lipinski definition) is 3. The van der Waals surface area contributed by atoms with Crippen LogP contribution < -0.4 is 15.0 Å². The van der Waals surface area contributed by atoms with E-state index in [9.17, 15) is 0 Å². The van der Waals surface area contributed by atoms with Crippen LogP contribution in [0.5, 0.6) is 5.75 Å². The molecule has 1 aromatic carbocycles. The Kier molecular flexibility index (Phi) is 4.90. The summed E-state index contributed by atoms with van der Waals surface area (Å²) in [6, 6.07) is 3.85. The number of hydrogen-bond donors (Lipinski definition) is 1. The van der Waals surface area contributed by atoms with E-state index in [0.29, 0.717) is 0 Å². The lowest BCUT2D eigenvalue weighted by molar-refractivity contribution is 0.411. The zero-order chi connectivity index (χ0) is 12.1. The number of ether oxygens (including phenoxy) is 1. The van der Waals surface area contributed by atoms with Crippen LogP contribution in [-0.2, 0) is 0 Å². The predicted molar refractivity (Wildman–Crippen MR) is 69.9 cm³/mol. The smallest absolute Gasteiger partial charge is 0.145 e. The Bertz CT molecular complexity index is 355. The number of nitrogens with zero attached hydrogens (tertiary/aromatic N) is 1. The first kappa shape index (κ1) is 13.1. The van der Waals surface area contributed by atoms with Crippen LogP contribution in [0.15, 0.2) is 12.1 Å². The largest absolute Gasteiger partial charge is 0.494 e. The number of methoxy groups -OCH3 is 1. The number of nitrogens with one attached hydrogen (secondary N) is 1. The molecular formula is C12H19ClN2O. The maximum atomic E-state index is 6.06. The summed E-state index contributed by atoms with van der Waals surface area (Å²) in [5, 5.41) is 3.86. The van der Waals surface area contributed by atoms with E-state index in [2.05, 4.69) is 10.2 Å². The summed E-state index contributed by atoms with van der Waals surface area (Å²) in [4.78, 5) is 2.13. The van der Waals surface area contributed by atoms with E-state index in [4.69, 9.17) is 16.3 Å². The summed E-state index contributed by atoms with van der Waals surface area (Å²) in [6.45, 7) is 3.83. The SMILES string of the molecule is CNCCN(C)c1cc(Cl)cc(C)c1OC. The molecule has 0 bridgehead atoms. The summed E-state index contributed by atoms with van der Waals surface area (Å²) in [5.41, 5.74) is 2.09. The molecule has 0 radical (unpaired) electrons. The van der Waals surface area contributed by atoms with E-state index < -0.39 is 0 Å². The highest BCUT2D eigenvalue weighted by Gasteiger charge is 2.11. The van der Waals surface area contributed by atoms with Gasteiger partial charge >= 0.3 is 0 Å². The number of anilines is 1. The molecule has 1 rings (SSSR count). The molecule has 0 aromatic heterocycles. The third-order valence-electron chi connectivity index (χ3n) is 2.53. The number of benzene rings is 1. The van der Waals surface area contributed by atoms with Gasteiger partial charge in [0.1, 0.15) is 5.75 Å². The van der Waals surface area contributed by atoms with Crippen LogP contribution in [0.2, 0.25) is 5.02 Å². The van der Waals surface area contributed by atoms with Crippen molar-refractivity contribution in [1.82, 2.24) is 5.32 Å². The molecule has 0 saturated carbocycles. The molecule has 0 atom stereocenters. The Morgan fingerprint density at radius 1 is 1.44 bits per heavy atom. The Balaban J connectivity index is 3.00. The minimum Gasteiger partial charge on any atom is -0.494 e. The summed E-state index contributed by atoms with van der Waals surface area (Å²) in [5.74, 6) is 0.892. The van der Waals surface area contributed by atoms with Gasteiger partial charge in [-0.1, -0.05) is 11.6 Å². The van der Waals surface area contributed by atoms with E-state index in [1.165, 1.54) is 0 Å². The Morgan fingerprint density at radius 3 is 2.69 bits per heavy atom. The highest BCUT2D eigenvalue weighted by molar-refractivity contribution is 6.31. The van der Waals surface area contributed by atoms with Gasteiger partial charge in [0.25, 0.3) is 0 Å². The maximum Gasteiger partial charge on any atom is 0.145 e. The minimum absolute atomic E-state index is 0.740. The molecule has 1 N–H and O–H groups in total. The summed E-state index contributed by atoms with van der Waals surface area (Å²) in [7, 11) is 5.66. The van der Waals surface area contributed by atoms with Crippen molar-refractivity contribution in [2.45, 2.75) is 6.92 Å². The molecule has 0 aliphatic heterocycles. The average molecular weight is 243 g/mol. The van der Waals surface area contributed by atoms with Crippen molar-refractivity contribution in [1.29, 1.82) is 0 Å². The van der Waals surface area contributed by atoms with Gasteiger partial charge in [-0.25, -0.2) is 0 Å². The van der Waals surface area contributed by atoms with Crippen LogP contribution in [0.1, 0.15) is 5.56 Å². The van der Waals surface area contributed by atoms with Crippen LogP contribution >= 0.6 is 11.6 Å². The molecule has 1 aromatic rings. The molecule has 0 saturated heterocycles. The number of likely N-dealkylation sites (N-methyl/N-ethyl adjacent to an activating group) is 2. The van der Waals surface area contributed by atoms with Crippen molar-refractivity contribution in [3.63, 3.8) is 0 Å². The Morgan fingerprint density at radius 2 is 2.12 bits per heavy atom. The predicted octanol–water partition coefficient (Wildman–Crippen LogP) is 2.31. The quantitative estimate of drug-likeness (QED) is 0.858. The van der Waals surface area contributed by atoms with E-state index in [-0.39, 0.29) is 0 Å². The van der Waals surface area contributed by atoms with Gasteiger partial charge in [0.2, 0.25) is 0 Å². The molecule has 0 amide bonds. The molecule has 3 nitrogen and oxygen atoms in total. The van der Waals surface area contributed by atoms with Gasteiger partial charge < -0.3 is 15.0 Å². The second-order valence-electron chi connectivity index (χ2n) is 3.80. The third kappa shape index (κ3) is 3.03. The molecule has 90 valence electrons. The third-order valence-corrected chi connectivity index (χ3v) is 2.75. The van der Waals surface area contributed by atoms with Crippen LogP contribution in [0.25, 0.3) is 0 Å². The number of rotatable bonds is 5. The molecule has 0 heterocycles. The van der Waals surface area contributed by atoms with E-state index in [0.717, 1.165) is 35.1 Å². The number of aryl methyl sites for hydroxylation is 1. The van der Waals surface area contributed by atoms with Crippen molar-refractivity contribution in [3.05, 3.63) is 22.7 Å². The zero-order valence-electron chi connectivity index (χ0n) is 10.3. The van der Waals surface area contributed by atoms with Gasteiger partial charge in [-0.2, -0.15) is 0 Å². The van der Waals surface area contributed by atoms with Crippen LogP contribution in [0.3, 0.4) is 0 Å². The topological polar surface area (TPSA) is 24.5 Å². The fourth-order valence-electron chi connectivity index (χ4n) is 1.66. The van der Waals surface area contributed by atoms with Crippen molar-refractivity contribution >= 4 is 17.3 Å². The number of halogens is 1. The lowest BCUT2D eigenvalue weighted by Crippen LogP contribution is -2.27. The van der Waals surface area contributed by atoms with Crippen LogP contribution in [0, 0.1) is 6.92 Å². The first-order chi connectivity index (χ1) is 7.60.